The minimum absolute atomic E-state index is 0.00698. The lowest BCUT2D eigenvalue weighted by molar-refractivity contribution is -0.137. The van der Waals surface area contributed by atoms with Crippen LogP contribution in [0.4, 0.5) is 0 Å². The summed E-state index contributed by atoms with van der Waals surface area (Å²) in [7, 11) is 0. The van der Waals surface area contributed by atoms with E-state index in [1.54, 1.807) is 12.1 Å². The van der Waals surface area contributed by atoms with Crippen molar-refractivity contribution in [1.82, 2.24) is 5.32 Å². The Morgan fingerprint density at radius 2 is 1.91 bits per heavy atom. The van der Waals surface area contributed by atoms with Gasteiger partial charge in [0.15, 0.2) is 0 Å². The number of halogens is 2. The molecule has 0 atom stereocenters. The smallest absolute Gasteiger partial charge is 0.303 e. The van der Waals surface area contributed by atoms with Crippen LogP contribution in [-0.4, -0.2) is 23.5 Å². The molecule has 0 bridgehead atoms. The molecule has 1 amide bonds. The average Bonchev–Trinajstić information content (AvgIpc) is 2.41. The van der Waals surface area contributed by atoms with E-state index in [9.17, 15) is 9.59 Å². The molecule has 1 aromatic rings. The molecule has 2 N–H and O–H groups in total. The van der Waals surface area contributed by atoms with Crippen LogP contribution in [0.5, 0.6) is 0 Å². The van der Waals surface area contributed by atoms with E-state index in [0.717, 1.165) is 24.8 Å². The van der Waals surface area contributed by atoms with Gasteiger partial charge in [0.1, 0.15) is 0 Å². The number of carbonyl (C=O) groups excluding carboxylic acids is 1. The third-order valence-corrected chi connectivity index (χ3v) is 4.96. The third-order valence-electron chi connectivity index (χ3n) is 4.22. The SMILES string of the molecule is O=C(O)CCCCNC(=O)C1(c2ccc(Cl)c(Cl)c2)CCC1. The van der Waals surface area contributed by atoms with Gasteiger partial charge in [-0.05, 0) is 43.4 Å². The summed E-state index contributed by atoms with van der Waals surface area (Å²) in [6.07, 6.45) is 3.96. The molecular formula is C16H19Cl2NO3. The van der Waals surface area contributed by atoms with E-state index in [0.29, 0.717) is 29.4 Å². The second-order valence-electron chi connectivity index (χ2n) is 5.67. The Morgan fingerprint density at radius 3 is 2.45 bits per heavy atom. The largest absolute Gasteiger partial charge is 0.481 e. The molecule has 1 aromatic carbocycles. The van der Waals surface area contributed by atoms with Crippen molar-refractivity contribution < 1.29 is 14.7 Å². The first-order valence-corrected chi connectivity index (χ1v) is 8.17. The Bertz CT molecular complexity index is 571. The highest BCUT2D eigenvalue weighted by molar-refractivity contribution is 6.42. The van der Waals surface area contributed by atoms with E-state index in [2.05, 4.69) is 5.32 Å². The second kappa shape index (κ2) is 7.34. The molecule has 0 aromatic heterocycles. The number of carboxylic acids is 1. The number of carboxylic acid groups (broad SMARTS) is 1. The van der Waals surface area contributed by atoms with E-state index < -0.39 is 11.4 Å². The molecule has 1 saturated carbocycles. The van der Waals surface area contributed by atoms with Gasteiger partial charge in [-0.1, -0.05) is 35.7 Å². The first kappa shape index (κ1) is 17.1. The van der Waals surface area contributed by atoms with Gasteiger partial charge in [0.05, 0.1) is 15.5 Å². The number of unbranched alkanes of at least 4 members (excludes halogenated alkanes) is 1. The second-order valence-corrected chi connectivity index (χ2v) is 6.49. The van der Waals surface area contributed by atoms with Gasteiger partial charge >= 0.3 is 5.97 Å². The van der Waals surface area contributed by atoms with Crippen LogP contribution in [0.2, 0.25) is 10.0 Å². The predicted molar refractivity (Wildman–Crippen MR) is 86.5 cm³/mol. The molecule has 0 aliphatic heterocycles. The van der Waals surface area contributed by atoms with Crippen molar-refractivity contribution in [2.45, 2.75) is 43.9 Å². The van der Waals surface area contributed by atoms with Crippen molar-refractivity contribution in [3.05, 3.63) is 33.8 Å². The van der Waals surface area contributed by atoms with E-state index in [4.69, 9.17) is 28.3 Å². The lowest BCUT2D eigenvalue weighted by atomic mass is 9.64. The molecule has 22 heavy (non-hydrogen) atoms. The van der Waals surface area contributed by atoms with Gasteiger partial charge in [0, 0.05) is 13.0 Å². The van der Waals surface area contributed by atoms with E-state index in [1.807, 2.05) is 6.07 Å². The Balaban J connectivity index is 1.96. The van der Waals surface area contributed by atoms with Crippen LogP contribution in [0.3, 0.4) is 0 Å². The number of hydrogen-bond acceptors (Lipinski definition) is 2. The van der Waals surface area contributed by atoms with Crippen molar-refractivity contribution in [3.8, 4) is 0 Å². The number of hydrogen-bond donors (Lipinski definition) is 2. The Morgan fingerprint density at radius 1 is 1.18 bits per heavy atom. The maximum Gasteiger partial charge on any atom is 0.303 e. The van der Waals surface area contributed by atoms with Crippen LogP contribution in [0.25, 0.3) is 0 Å². The Hall–Kier alpha value is -1.26. The topological polar surface area (TPSA) is 66.4 Å². The fraction of sp³-hybridized carbons (Fsp3) is 0.500. The summed E-state index contributed by atoms with van der Waals surface area (Å²) in [6.45, 7) is 0.495. The number of carbonyl (C=O) groups is 2. The molecule has 2 rings (SSSR count). The van der Waals surface area contributed by atoms with Crippen molar-refractivity contribution in [2.75, 3.05) is 6.54 Å². The van der Waals surface area contributed by atoms with Gasteiger partial charge in [-0.2, -0.15) is 0 Å². The summed E-state index contributed by atoms with van der Waals surface area (Å²) in [6, 6.07) is 5.35. The van der Waals surface area contributed by atoms with E-state index >= 15 is 0 Å². The van der Waals surface area contributed by atoms with Gasteiger partial charge < -0.3 is 10.4 Å². The first-order chi connectivity index (χ1) is 10.5. The van der Waals surface area contributed by atoms with Crippen LogP contribution in [-0.2, 0) is 15.0 Å². The van der Waals surface area contributed by atoms with Gasteiger partial charge in [-0.3, -0.25) is 9.59 Å². The monoisotopic (exact) mass is 343 g/mol. The summed E-state index contributed by atoms with van der Waals surface area (Å²) >= 11 is 12.0. The number of amides is 1. The molecule has 4 nitrogen and oxygen atoms in total. The number of aliphatic carboxylic acids is 1. The van der Waals surface area contributed by atoms with Gasteiger partial charge in [0.2, 0.25) is 5.91 Å². The van der Waals surface area contributed by atoms with Crippen LogP contribution < -0.4 is 5.32 Å². The highest BCUT2D eigenvalue weighted by Gasteiger charge is 2.45. The van der Waals surface area contributed by atoms with Crippen molar-refractivity contribution >= 4 is 35.1 Å². The Kier molecular flexibility index (Phi) is 5.70. The van der Waals surface area contributed by atoms with E-state index in [1.165, 1.54) is 0 Å². The first-order valence-electron chi connectivity index (χ1n) is 7.41. The summed E-state index contributed by atoms with van der Waals surface area (Å²) in [4.78, 5) is 23.0. The number of benzene rings is 1. The molecule has 0 unspecified atom stereocenters. The van der Waals surface area contributed by atoms with Gasteiger partial charge in [0.25, 0.3) is 0 Å². The molecule has 1 fully saturated rings. The lowest BCUT2D eigenvalue weighted by Crippen LogP contribution is -2.49. The minimum atomic E-state index is -0.808. The van der Waals surface area contributed by atoms with Crippen LogP contribution in [0.1, 0.15) is 44.1 Å². The molecule has 1 aliphatic rings. The van der Waals surface area contributed by atoms with Crippen LogP contribution >= 0.6 is 23.2 Å². The van der Waals surface area contributed by atoms with Crippen molar-refractivity contribution in [3.63, 3.8) is 0 Å². The molecule has 6 heteroatoms. The van der Waals surface area contributed by atoms with Gasteiger partial charge in [-0.15, -0.1) is 0 Å². The standard InChI is InChI=1S/C16H19Cl2NO3/c17-12-6-5-11(10-13(12)18)16(7-3-8-16)15(22)19-9-2-1-4-14(20)21/h5-6,10H,1-4,7-9H2,(H,19,22)(H,20,21). The van der Waals surface area contributed by atoms with Gasteiger partial charge in [-0.25, -0.2) is 0 Å². The van der Waals surface area contributed by atoms with Crippen molar-refractivity contribution in [2.24, 2.45) is 0 Å². The zero-order valence-corrected chi connectivity index (χ0v) is 13.7. The maximum atomic E-state index is 12.5. The highest BCUT2D eigenvalue weighted by Crippen LogP contribution is 2.45. The zero-order valence-electron chi connectivity index (χ0n) is 12.2. The number of nitrogens with one attached hydrogen (secondary N) is 1. The fourth-order valence-electron chi connectivity index (χ4n) is 2.74. The summed E-state index contributed by atoms with van der Waals surface area (Å²) in [5.74, 6) is -0.815. The number of rotatable bonds is 7. The molecule has 0 saturated heterocycles. The fourth-order valence-corrected chi connectivity index (χ4v) is 3.04. The predicted octanol–water partition coefficient (Wildman–Crippen LogP) is 3.79. The quantitative estimate of drug-likeness (QED) is 0.740. The Labute approximate surface area is 139 Å². The van der Waals surface area contributed by atoms with E-state index in [-0.39, 0.29) is 12.3 Å². The zero-order chi connectivity index (χ0) is 16.2. The normalized spacial score (nSPS) is 15.9. The van der Waals surface area contributed by atoms with Crippen LogP contribution in [0, 0.1) is 0 Å². The summed E-state index contributed by atoms with van der Waals surface area (Å²) in [5.41, 5.74) is 0.386. The molecule has 0 spiro atoms. The average molecular weight is 344 g/mol. The summed E-state index contributed by atoms with van der Waals surface area (Å²) in [5, 5.41) is 12.4. The third kappa shape index (κ3) is 3.73. The summed E-state index contributed by atoms with van der Waals surface area (Å²) < 4.78 is 0. The van der Waals surface area contributed by atoms with Crippen molar-refractivity contribution in [1.29, 1.82) is 0 Å². The minimum Gasteiger partial charge on any atom is -0.481 e. The lowest BCUT2D eigenvalue weighted by Gasteiger charge is -2.41. The molecule has 1 aliphatic carbocycles. The highest BCUT2D eigenvalue weighted by atomic mass is 35.5. The molecule has 0 radical (unpaired) electrons. The molecule has 120 valence electrons. The molecular weight excluding hydrogens is 325 g/mol. The van der Waals surface area contributed by atoms with Crippen LogP contribution in [0.15, 0.2) is 18.2 Å². The molecule has 0 heterocycles. The maximum absolute atomic E-state index is 12.5.